The zero-order chi connectivity index (χ0) is 24.4. The Morgan fingerprint density at radius 3 is 2.41 bits per heavy atom. The summed E-state index contributed by atoms with van der Waals surface area (Å²) in [5, 5.41) is 4.79. The summed E-state index contributed by atoms with van der Waals surface area (Å²) >= 11 is 0. The van der Waals surface area contributed by atoms with E-state index >= 15 is 0 Å². The molecule has 1 aliphatic heterocycles. The first-order chi connectivity index (χ1) is 16.3. The lowest BCUT2D eigenvalue weighted by molar-refractivity contribution is -0.140. The van der Waals surface area contributed by atoms with Crippen molar-refractivity contribution >= 4 is 34.2 Å². The molecule has 34 heavy (non-hydrogen) atoms. The van der Waals surface area contributed by atoms with Crippen molar-refractivity contribution in [3.05, 3.63) is 77.4 Å². The average molecular weight is 458 g/mol. The molecule has 6 heteroatoms. The zero-order valence-electron chi connectivity index (χ0n) is 20.2. The van der Waals surface area contributed by atoms with E-state index in [0.29, 0.717) is 18.5 Å². The first-order valence-corrected chi connectivity index (χ1v) is 11.8. The lowest BCUT2D eigenvalue weighted by Gasteiger charge is -2.32. The normalized spacial score (nSPS) is 13.4. The van der Waals surface area contributed by atoms with E-state index in [1.807, 2.05) is 82.3 Å². The molecule has 3 amide bonds. The Labute approximate surface area is 200 Å². The third-order valence-electron chi connectivity index (χ3n) is 6.19. The quantitative estimate of drug-likeness (QED) is 0.544. The fourth-order valence-electron chi connectivity index (χ4n) is 4.67. The minimum absolute atomic E-state index is 0.0373. The van der Waals surface area contributed by atoms with Gasteiger partial charge in [-0.2, -0.15) is 0 Å². The maximum atomic E-state index is 13.7. The molecule has 4 rings (SSSR count). The smallest absolute Gasteiger partial charge is 0.259 e. The summed E-state index contributed by atoms with van der Waals surface area (Å²) < 4.78 is 0. The highest BCUT2D eigenvalue weighted by Gasteiger charge is 2.35. The summed E-state index contributed by atoms with van der Waals surface area (Å²) in [5.41, 5.74) is 3.38. The Kier molecular flexibility index (Phi) is 6.68. The second-order valence-corrected chi connectivity index (χ2v) is 9.17. The van der Waals surface area contributed by atoms with Gasteiger partial charge < -0.3 is 10.2 Å². The summed E-state index contributed by atoms with van der Waals surface area (Å²) in [7, 11) is 0. The van der Waals surface area contributed by atoms with Crippen LogP contribution in [0.1, 0.15) is 48.7 Å². The highest BCUT2D eigenvalue weighted by Crippen LogP contribution is 2.37. The fraction of sp³-hybridized carbons (Fsp3) is 0.321. The topological polar surface area (TPSA) is 69.7 Å². The molecule has 1 heterocycles. The van der Waals surface area contributed by atoms with E-state index in [-0.39, 0.29) is 30.3 Å². The molecule has 0 bridgehead atoms. The molecule has 0 saturated carbocycles. The van der Waals surface area contributed by atoms with Gasteiger partial charge in [0.25, 0.3) is 5.91 Å². The van der Waals surface area contributed by atoms with Gasteiger partial charge in [-0.15, -0.1) is 0 Å². The lowest BCUT2D eigenvalue weighted by atomic mass is 10.1. The molecular formula is C28H31N3O3. The van der Waals surface area contributed by atoms with Gasteiger partial charge in [0.05, 0.1) is 5.69 Å². The number of hydrogen-bond acceptors (Lipinski definition) is 3. The van der Waals surface area contributed by atoms with Crippen molar-refractivity contribution in [2.45, 2.75) is 52.7 Å². The van der Waals surface area contributed by atoms with Crippen LogP contribution in [-0.2, 0) is 16.1 Å². The van der Waals surface area contributed by atoms with E-state index < -0.39 is 6.04 Å². The minimum Gasteiger partial charge on any atom is -0.352 e. The number of benzene rings is 3. The monoisotopic (exact) mass is 457 g/mol. The maximum Gasteiger partial charge on any atom is 0.259 e. The predicted octanol–water partition coefficient (Wildman–Crippen LogP) is 4.44. The highest BCUT2D eigenvalue weighted by molar-refractivity contribution is 6.26. The number of hydrogen-bond donors (Lipinski definition) is 1. The Morgan fingerprint density at radius 1 is 1.03 bits per heavy atom. The molecule has 0 unspecified atom stereocenters. The van der Waals surface area contributed by atoms with Crippen LogP contribution in [0.5, 0.6) is 0 Å². The molecule has 1 N–H and O–H groups in total. The molecule has 0 fully saturated rings. The molecule has 1 atom stereocenters. The van der Waals surface area contributed by atoms with Crippen LogP contribution >= 0.6 is 0 Å². The summed E-state index contributed by atoms with van der Waals surface area (Å²) in [6.45, 7) is 7.88. The number of aryl methyl sites for hydroxylation is 1. The van der Waals surface area contributed by atoms with Crippen LogP contribution in [0.25, 0.3) is 10.8 Å². The summed E-state index contributed by atoms with van der Waals surface area (Å²) in [5.74, 6) is -0.627. The Hall–Kier alpha value is -3.67. The lowest BCUT2D eigenvalue weighted by Crippen LogP contribution is -2.53. The molecule has 3 aromatic carbocycles. The van der Waals surface area contributed by atoms with E-state index in [1.54, 1.807) is 11.0 Å². The van der Waals surface area contributed by atoms with Gasteiger partial charge in [-0.25, -0.2) is 0 Å². The molecule has 6 nitrogen and oxygen atoms in total. The largest absolute Gasteiger partial charge is 0.352 e. The van der Waals surface area contributed by atoms with E-state index in [4.69, 9.17) is 0 Å². The van der Waals surface area contributed by atoms with Gasteiger partial charge in [0.1, 0.15) is 12.6 Å². The van der Waals surface area contributed by atoms with E-state index in [2.05, 4.69) is 5.32 Å². The Morgan fingerprint density at radius 2 is 1.74 bits per heavy atom. The minimum atomic E-state index is -0.633. The van der Waals surface area contributed by atoms with Crippen LogP contribution in [0.3, 0.4) is 0 Å². The Balaban J connectivity index is 1.66. The first-order valence-electron chi connectivity index (χ1n) is 11.8. The molecule has 0 saturated heterocycles. The van der Waals surface area contributed by atoms with Gasteiger partial charge in [0.2, 0.25) is 11.8 Å². The van der Waals surface area contributed by atoms with Gasteiger partial charge in [0, 0.05) is 23.5 Å². The van der Waals surface area contributed by atoms with Crippen LogP contribution in [0.2, 0.25) is 0 Å². The van der Waals surface area contributed by atoms with Gasteiger partial charge in [0.15, 0.2) is 0 Å². The summed E-state index contributed by atoms with van der Waals surface area (Å²) in [6.07, 6.45) is 0.472. The Bertz CT molecular complexity index is 1250. The van der Waals surface area contributed by atoms with Gasteiger partial charge in [-0.1, -0.05) is 61.0 Å². The van der Waals surface area contributed by atoms with Crippen LogP contribution < -0.4 is 10.2 Å². The summed E-state index contributed by atoms with van der Waals surface area (Å²) in [4.78, 5) is 43.2. The number of amides is 3. The average Bonchev–Trinajstić information content (AvgIpc) is 3.06. The first kappa shape index (κ1) is 23.5. The number of nitrogens with one attached hydrogen (secondary N) is 1. The number of carbonyl (C=O) groups excluding carboxylic acids is 3. The molecule has 3 aromatic rings. The van der Waals surface area contributed by atoms with Crippen LogP contribution in [0.4, 0.5) is 5.69 Å². The van der Waals surface area contributed by atoms with Gasteiger partial charge in [-0.3, -0.25) is 19.3 Å². The van der Waals surface area contributed by atoms with Crippen LogP contribution in [0.15, 0.2) is 60.7 Å². The van der Waals surface area contributed by atoms with Crippen LogP contribution in [-0.4, -0.2) is 41.2 Å². The van der Waals surface area contributed by atoms with Crippen molar-refractivity contribution in [1.29, 1.82) is 0 Å². The van der Waals surface area contributed by atoms with Gasteiger partial charge >= 0.3 is 0 Å². The second-order valence-electron chi connectivity index (χ2n) is 9.17. The van der Waals surface area contributed by atoms with Gasteiger partial charge in [-0.05, 0) is 50.3 Å². The molecule has 176 valence electrons. The SMILES string of the molecule is CC[C@H](C(=O)NC(C)C)N(Cc1cccc(C)c1)C(=O)CN1C(=O)c2cccc3cccc1c23. The molecular weight excluding hydrogens is 426 g/mol. The van der Waals surface area contributed by atoms with Crippen molar-refractivity contribution in [3.63, 3.8) is 0 Å². The van der Waals surface area contributed by atoms with Crippen molar-refractivity contribution in [3.8, 4) is 0 Å². The number of anilines is 1. The third-order valence-corrected chi connectivity index (χ3v) is 6.19. The van der Waals surface area contributed by atoms with E-state index in [9.17, 15) is 14.4 Å². The molecule has 0 aliphatic carbocycles. The maximum absolute atomic E-state index is 13.7. The van der Waals surface area contributed by atoms with Crippen molar-refractivity contribution in [2.75, 3.05) is 11.4 Å². The van der Waals surface area contributed by atoms with E-state index in [0.717, 1.165) is 27.6 Å². The highest BCUT2D eigenvalue weighted by atomic mass is 16.2. The number of nitrogens with zero attached hydrogens (tertiary/aromatic N) is 2. The molecule has 0 spiro atoms. The third kappa shape index (κ3) is 4.53. The fourth-order valence-corrected chi connectivity index (χ4v) is 4.67. The molecule has 0 aromatic heterocycles. The second kappa shape index (κ2) is 9.67. The standard InChI is InChI=1S/C28H31N3O3/c1-5-23(27(33)29-18(2)3)30(16-20-10-6-9-19(4)15-20)25(32)17-31-24-14-8-12-21-11-7-13-22(26(21)24)28(31)34/h6-15,18,23H,5,16-17H2,1-4H3,(H,29,33)/t23-/m1/s1. The zero-order valence-corrected chi connectivity index (χ0v) is 20.2. The number of rotatable bonds is 8. The predicted molar refractivity (Wildman–Crippen MR) is 135 cm³/mol. The van der Waals surface area contributed by atoms with E-state index in [1.165, 1.54) is 4.90 Å². The number of carbonyl (C=O) groups is 3. The van der Waals surface area contributed by atoms with Crippen molar-refractivity contribution < 1.29 is 14.4 Å². The van der Waals surface area contributed by atoms with Crippen LogP contribution in [0, 0.1) is 6.92 Å². The van der Waals surface area contributed by atoms with Crippen molar-refractivity contribution in [2.24, 2.45) is 0 Å². The van der Waals surface area contributed by atoms with Crippen molar-refractivity contribution in [1.82, 2.24) is 10.2 Å². The molecule has 0 radical (unpaired) electrons. The summed E-state index contributed by atoms with van der Waals surface area (Å²) in [6, 6.07) is 18.6. The molecule has 1 aliphatic rings.